The zero-order valence-electron chi connectivity index (χ0n) is 20.4. The van der Waals surface area contributed by atoms with Crippen LogP contribution in [0.2, 0.25) is 0 Å². The summed E-state index contributed by atoms with van der Waals surface area (Å²) in [5.74, 6) is -0.495. The Balaban J connectivity index is 3.34. The number of carbonyl (C=O) groups excluding carboxylic acids is 2. The van der Waals surface area contributed by atoms with Gasteiger partial charge in [-0.1, -0.05) is 109 Å². The predicted molar refractivity (Wildman–Crippen MR) is 133 cm³/mol. The van der Waals surface area contributed by atoms with Gasteiger partial charge in [-0.3, -0.25) is 9.59 Å². The number of carbonyl (C=O) groups is 2. The maximum absolute atomic E-state index is 11.9. The lowest BCUT2D eigenvalue weighted by Crippen LogP contribution is -2.52. The van der Waals surface area contributed by atoms with Gasteiger partial charge in [0.2, 0.25) is 5.91 Å². The van der Waals surface area contributed by atoms with Gasteiger partial charge in [0.05, 0.1) is 0 Å². The molecular formula is C26H51N3O2. The van der Waals surface area contributed by atoms with Crippen LogP contribution in [0.25, 0.3) is 0 Å². The molecule has 0 bridgehead atoms. The lowest BCUT2D eigenvalue weighted by atomic mass is 10.0. The van der Waals surface area contributed by atoms with Crippen molar-refractivity contribution in [3.63, 3.8) is 0 Å². The van der Waals surface area contributed by atoms with Gasteiger partial charge in [0, 0.05) is 13.0 Å². The second-order valence-corrected chi connectivity index (χ2v) is 8.82. The van der Waals surface area contributed by atoms with Crippen LogP contribution in [-0.2, 0) is 9.59 Å². The Morgan fingerprint density at radius 2 is 1.23 bits per heavy atom. The molecule has 0 spiro atoms. The van der Waals surface area contributed by atoms with Crippen molar-refractivity contribution in [3.05, 3.63) is 12.7 Å². The molecule has 0 aliphatic heterocycles. The summed E-state index contributed by atoms with van der Waals surface area (Å²) in [5.41, 5.74) is 5.73. The highest BCUT2D eigenvalue weighted by Crippen LogP contribution is 2.13. The zero-order chi connectivity index (χ0) is 23.0. The largest absolute Gasteiger partial charge is 0.353 e. The number of nitrogens with two attached hydrogens (primary N) is 1. The van der Waals surface area contributed by atoms with Crippen molar-refractivity contribution in [2.75, 3.05) is 6.54 Å². The first-order valence-corrected chi connectivity index (χ1v) is 13.0. The average Bonchev–Trinajstić information content (AvgIpc) is 2.75. The zero-order valence-corrected chi connectivity index (χ0v) is 20.4. The molecule has 0 fully saturated rings. The molecule has 31 heavy (non-hydrogen) atoms. The summed E-state index contributed by atoms with van der Waals surface area (Å²) in [6.07, 6.45) is 24.0. The quantitative estimate of drug-likeness (QED) is 0.102. The molecule has 4 N–H and O–H groups in total. The molecular weight excluding hydrogens is 386 g/mol. The summed E-state index contributed by atoms with van der Waals surface area (Å²) in [5, 5.41) is 5.35. The fraction of sp³-hybridized carbons (Fsp3) is 0.846. The Morgan fingerprint density at radius 3 is 1.68 bits per heavy atom. The number of nitrogens with one attached hydrogen (secondary N) is 2. The molecule has 1 unspecified atom stereocenters. The van der Waals surface area contributed by atoms with Crippen LogP contribution in [0.15, 0.2) is 12.7 Å². The number of hydrogen-bond acceptors (Lipinski definition) is 3. The molecule has 0 saturated heterocycles. The van der Waals surface area contributed by atoms with E-state index >= 15 is 0 Å². The summed E-state index contributed by atoms with van der Waals surface area (Å²) in [6.45, 7) is 6.52. The van der Waals surface area contributed by atoms with Crippen LogP contribution < -0.4 is 16.4 Å². The molecule has 0 aliphatic rings. The summed E-state index contributed by atoms with van der Waals surface area (Å²) < 4.78 is 0. The molecule has 5 heteroatoms. The third-order valence-corrected chi connectivity index (χ3v) is 5.74. The van der Waals surface area contributed by atoms with E-state index in [1.165, 1.54) is 89.9 Å². The highest BCUT2D eigenvalue weighted by atomic mass is 16.2. The Bertz CT molecular complexity index is 440. The molecule has 0 aromatic carbocycles. The van der Waals surface area contributed by atoms with E-state index in [0.717, 1.165) is 25.7 Å². The normalized spacial score (nSPS) is 11.8. The molecule has 0 aromatic rings. The van der Waals surface area contributed by atoms with Gasteiger partial charge >= 0.3 is 0 Å². The first-order valence-electron chi connectivity index (χ1n) is 13.0. The SMILES string of the molecule is C=CCCCC(=O)NC(N)C(=O)NCCCCCCCCCCCCCCCCCC. The van der Waals surface area contributed by atoms with Crippen LogP contribution in [0, 0.1) is 0 Å². The lowest BCUT2D eigenvalue weighted by Gasteiger charge is -2.14. The maximum atomic E-state index is 11.9. The minimum atomic E-state index is -0.961. The van der Waals surface area contributed by atoms with E-state index in [-0.39, 0.29) is 11.8 Å². The number of hydrogen-bond donors (Lipinski definition) is 3. The number of amides is 2. The molecule has 0 aromatic heterocycles. The molecule has 0 radical (unpaired) electrons. The Kier molecular flexibility index (Phi) is 22.3. The molecule has 5 nitrogen and oxygen atoms in total. The lowest BCUT2D eigenvalue weighted by molar-refractivity contribution is -0.128. The Morgan fingerprint density at radius 1 is 0.774 bits per heavy atom. The van der Waals surface area contributed by atoms with Gasteiger partial charge < -0.3 is 16.4 Å². The summed E-state index contributed by atoms with van der Waals surface area (Å²) in [4.78, 5) is 23.6. The fourth-order valence-electron chi connectivity index (χ4n) is 3.71. The molecule has 1 atom stereocenters. The van der Waals surface area contributed by atoms with Crippen molar-refractivity contribution >= 4 is 11.8 Å². The number of allylic oxidation sites excluding steroid dienone is 1. The van der Waals surface area contributed by atoms with Gasteiger partial charge in [-0.25, -0.2) is 0 Å². The van der Waals surface area contributed by atoms with E-state index in [1.54, 1.807) is 6.08 Å². The number of rotatable bonds is 23. The van der Waals surface area contributed by atoms with Crippen LogP contribution in [0.3, 0.4) is 0 Å². The second kappa shape index (κ2) is 23.3. The summed E-state index contributed by atoms with van der Waals surface area (Å²) in [6, 6.07) is 0. The molecule has 0 saturated carbocycles. The monoisotopic (exact) mass is 437 g/mol. The first kappa shape index (κ1) is 29.6. The van der Waals surface area contributed by atoms with Gasteiger partial charge in [-0.15, -0.1) is 6.58 Å². The Labute approximate surface area is 192 Å². The van der Waals surface area contributed by atoms with Gasteiger partial charge in [0.15, 0.2) is 6.17 Å². The van der Waals surface area contributed by atoms with Crippen LogP contribution in [0.5, 0.6) is 0 Å². The van der Waals surface area contributed by atoms with Crippen LogP contribution in [0.1, 0.15) is 129 Å². The van der Waals surface area contributed by atoms with Gasteiger partial charge in [0.25, 0.3) is 5.91 Å². The fourth-order valence-corrected chi connectivity index (χ4v) is 3.71. The van der Waals surface area contributed by atoms with Crippen molar-refractivity contribution in [1.29, 1.82) is 0 Å². The second-order valence-electron chi connectivity index (χ2n) is 8.82. The molecule has 0 aliphatic carbocycles. The van der Waals surface area contributed by atoms with E-state index in [4.69, 9.17) is 5.73 Å². The summed E-state index contributed by atoms with van der Waals surface area (Å²) >= 11 is 0. The van der Waals surface area contributed by atoms with Gasteiger partial charge in [-0.05, 0) is 19.3 Å². The molecule has 0 heterocycles. The minimum Gasteiger partial charge on any atom is -0.353 e. The van der Waals surface area contributed by atoms with Crippen molar-refractivity contribution in [2.24, 2.45) is 5.73 Å². The third kappa shape index (κ3) is 21.7. The van der Waals surface area contributed by atoms with Crippen LogP contribution >= 0.6 is 0 Å². The predicted octanol–water partition coefficient (Wildman–Crippen LogP) is 6.12. The average molecular weight is 438 g/mol. The van der Waals surface area contributed by atoms with Gasteiger partial charge in [0.1, 0.15) is 0 Å². The van der Waals surface area contributed by atoms with E-state index in [2.05, 4.69) is 24.1 Å². The highest BCUT2D eigenvalue weighted by molar-refractivity contribution is 5.86. The minimum absolute atomic E-state index is 0.188. The molecule has 182 valence electrons. The van der Waals surface area contributed by atoms with E-state index in [1.807, 2.05) is 0 Å². The number of unbranched alkanes of at least 4 members (excludes halogenated alkanes) is 16. The highest BCUT2D eigenvalue weighted by Gasteiger charge is 2.14. The van der Waals surface area contributed by atoms with Crippen LogP contribution in [0.4, 0.5) is 0 Å². The van der Waals surface area contributed by atoms with E-state index in [0.29, 0.717) is 13.0 Å². The third-order valence-electron chi connectivity index (χ3n) is 5.74. The smallest absolute Gasteiger partial charge is 0.257 e. The van der Waals surface area contributed by atoms with Crippen molar-refractivity contribution in [1.82, 2.24) is 10.6 Å². The standard InChI is InChI=1S/C26H51N3O2/c1-3-5-7-8-9-10-11-12-13-14-15-16-17-18-19-21-23-28-26(31)25(27)29-24(30)22-20-6-4-2/h4,25H,2-3,5-23,27H2,1H3,(H,28,31)(H,29,30). The van der Waals surface area contributed by atoms with Crippen molar-refractivity contribution in [3.8, 4) is 0 Å². The van der Waals surface area contributed by atoms with E-state index in [9.17, 15) is 9.59 Å². The van der Waals surface area contributed by atoms with Gasteiger partial charge in [-0.2, -0.15) is 0 Å². The maximum Gasteiger partial charge on any atom is 0.257 e. The molecule has 0 rings (SSSR count). The van der Waals surface area contributed by atoms with Crippen LogP contribution in [-0.4, -0.2) is 24.5 Å². The summed E-state index contributed by atoms with van der Waals surface area (Å²) in [7, 11) is 0. The topological polar surface area (TPSA) is 84.2 Å². The van der Waals surface area contributed by atoms with E-state index < -0.39 is 6.17 Å². The van der Waals surface area contributed by atoms with Crippen molar-refractivity contribution < 1.29 is 9.59 Å². The van der Waals surface area contributed by atoms with Crippen molar-refractivity contribution in [2.45, 2.75) is 135 Å². The first-order chi connectivity index (χ1) is 15.1. The Hall–Kier alpha value is -1.36. The molecule has 2 amide bonds.